The minimum Gasteiger partial charge on any atom is -0.255 e. The van der Waals surface area contributed by atoms with Crippen LogP contribution >= 0.6 is 22.9 Å². The maximum Gasteiger partial charge on any atom is 0.152 e. The highest BCUT2D eigenvalue weighted by Crippen LogP contribution is 2.29. The van der Waals surface area contributed by atoms with Gasteiger partial charge in [0.15, 0.2) is 5.15 Å². The summed E-state index contributed by atoms with van der Waals surface area (Å²) in [4.78, 5) is 8.94. The van der Waals surface area contributed by atoms with E-state index in [9.17, 15) is 0 Å². The third-order valence-electron chi connectivity index (χ3n) is 1.91. The van der Waals surface area contributed by atoms with Crippen LogP contribution in [0.1, 0.15) is 16.5 Å². The number of thiophene rings is 1. The molecule has 15 heavy (non-hydrogen) atoms. The Morgan fingerprint density at radius 1 is 1.40 bits per heavy atom. The van der Waals surface area contributed by atoms with Crippen molar-refractivity contribution in [1.82, 2.24) is 9.97 Å². The minimum atomic E-state index is -0.425. The van der Waals surface area contributed by atoms with Crippen molar-refractivity contribution in [2.45, 2.75) is 5.92 Å². The molecule has 2 heterocycles. The van der Waals surface area contributed by atoms with Crippen molar-refractivity contribution >= 4 is 22.9 Å². The lowest BCUT2D eigenvalue weighted by atomic mass is 10.1. The van der Waals surface area contributed by atoms with Crippen LogP contribution in [0.25, 0.3) is 0 Å². The molecular weight excluding hydrogens is 230 g/mol. The average molecular weight is 236 g/mol. The summed E-state index contributed by atoms with van der Waals surface area (Å²) in [6.07, 6.45) is 3.05. The smallest absolute Gasteiger partial charge is 0.152 e. The van der Waals surface area contributed by atoms with Crippen LogP contribution in [0, 0.1) is 11.3 Å². The summed E-state index contributed by atoms with van der Waals surface area (Å²) >= 11 is 7.40. The van der Waals surface area contributed by atoms with Crippen molar-refractivity contribution in [3.05, 3.63) is 45.6 Å². The summed E-state index contributed by atoms with van der Waals surface area (Å²) in [5, 5.41) is 11.3. The predicted octanol–water partition coefficient (Wildman–Crippen LogP) is 2.85. The zero-order valence-corrected chi connectivity index (χ0v) is 9.16. The monoisotopic (exact) mass is 235 g/mol. The van der Waals surface area contributed by atoms with Gasteiger partial charge in [-0.1, -0.05) is 17.7 Å². The molecule has 0 bridgehead atoms. The van der Waals surface area contributed by atoms with E-state index in [-0.39, 0.29) is 5.15 Å². The summed E-state index contributed by atoms with van der Waals surface area (Å²) in [6, 6.07) is 5.97. The van der Waals surface area contributed by atoms with Crippen LogP contribution in [-0.2, 0) is 0 Å². The van der Waals surface area contributed by atoms with Crippen LogP contribution in [0.2, 0.25) is 5.15 Å². The normalized spacial score (nSPS) is 12.0. The number of hydrogen-bond donors (Lipinski definition) is 0. The van der Waals surface area contributed by atoms with E-state index in [1.165, 1.54) is 17.5 Å². The molecule has 0 radical (unpaired) electrons. The molecule has 0 aliphatic rings. The molecule has 0 aromatic carbocycles. The van der Waals surface area contributed by atoms with E-state index in [0.29, 0.717) is 5.69 Å². The molecule has 1 atom stereocenters. The molecule has 0 aliphatic heterocycles. The first-order valence-electron chi connectivity index (χ1n) is 4.22. The number of rotatable bonds is 2. The molecule has 0 fully saturated rings. The molecule has 5 heteroatoms. The molecule has 0 aliphatic carbocycles. The van der Waals surface area contributed by atoms with E-state index in [1.807, 2.05) is 17.5 Å². The molecule has 2 rings (SSSR count). The lowest BCUT2D eigenvalue weighted by Gasteiger charge is -2.06. The van der Waals surface area contributed by atoms with E-state index in [4.69, 9.17) is 16.9 Å². The van der Waals surface area contributed by atoms with Crippen molar-refractivity contribution in [3.63, 3.8) is 0 Å². The van der Waals surface area contributed by atoms with E-state index in [0.717, 1.165) is 4.88 Å². The van der Waals surface area contributed by atoms with Crippen molar-refractivity contribution < 1.29 is 0 Å². The van der Waals surface area contributed by atoms with Crippen LogP contribution in [0.15, 0.2) is 29.9 Å². The Morgan fingerprint density at radius 2 is 2.20 bits per heavy atom. The van der Waals surface area contributed by atoms with Gasteiger partial charge in [-0.05, 0) is 11.4 Å². The van der Waals surface area contributed by atoms with Gasteiger partial charge in [0.1, 0.15) is 11.6 Å². The second-order valence-corrected chi connectivity index (χ2v) is 4.15. The second-order valence-electron chi connectivity index (χ2n) is 2.81. The van der Waals surface area contributed by atoms with Crippen LogP contribution in [0.3, 0.4) is 0 Å². The number of nitriles is 1. The molecular formula is C10H6ClN3S. The van der Waals surface area contributed by atoms with Crippen molar-refractivity contribution in [2.24, 2.45) is 0 Å². The van der Waals surface area contributed by atoms with Gasteiger partial charge in [0.05, 0.1) is 6.07 Å². The second kappa shape index (κ2) is 4.39. The minimum absolute atomic E-state index is 0.289. The van der Waals surface area contributed by atoms with Crippen LogP contribution in [-0.4, -0.2) is 9.97 Å². The van der Waals surface area contributed by atoms with E-state index in [1.54, 1.807) is 6.20 Å². The summed E-state index contributed by atoms with van der Waals surface area (Å²) in [5.74, 6) is -0.425. The fourth-order valence-corrected chi connectivity index (χ4v) is 2.23. The van der Waals surface area contributed by atoms with Gasteiger partial charge in [-0.2, -0.15) is 5.26 Å². The summed E-state index contributed by atoms with van der Waals surface area (Å²) < 4.78 is 0. The molecule has 2 aromatic heterocycles. The van der Waals surface area contributed by atoms with E-state index >= 15 is 0 Å². The zero-order chi connectivity index (χ0) is 10.7. The first kappa shape index (κ1) is 10.1. The molecule has 2 aromatic rings. The van der Waals surface area contributed by atoms with Gasteiger partial charge in [-0.25, -0.2) is 4.98 Å². The van der Waals surface area contributed by atoms with Crippen molar-refractivity contribution in [3.8, 4) is 6.07 Å². The Balaban J connectivity index is 2.46. The third kappa shape index (κ3) is 1.99. The van der Waals surface area contributed by atoms with Crippen molar-refractivity contribution in [1.29, 1.82) is 5.26 Å². The highest BCUT2D eigenvalue weighted by atomic mass is 35.5. The summed E-state index contributed by atoms with van der Waals surface area (Å²) in [5.41, 5.74) is 0.518. The Bertz CT molecular complexity index is 490. The molecule has 0 saturated carbocycles. The standard InChI is InChI=1S/C10H6ClN3S/c11-10-9(13-3-4-14-10)7(6-12)8-2-1-5-15-8/h1-5,7H. The fourth-order valence-electron chi connectivity index (χ4n) is 1.24. The lowest BCUT2D eigenvalue weighted by molar-refractivity contribution is 0.961. The molecule has 74 valence electrons. The van der Waals surface area contributed by atoms with Crippen LogP contribution in [0.5, 0.6) is 0 Å². The van der Waals surface area contributed by atoms with Gasteiger partial charge in [0.25, 0.3) is 0 Å². The zero-order valence-electron chi connectivity index (χ0n) is 7.59. The Morgan fingerprint density at radius 3 is 2.80 bits per heavy atom. The topological polar surface area (TPSA) is 49.6 Å². The van der Waals surface area contributed by atoms with Gasteiger partial charge in [0, 0.05) is 17.3 Å². The number of hydrogen-bond acceptors (Lipinski definition) is 4. The Hall–Kier alpha value is -1.44. The fraction of sp³-hybridized carbons (Fsp3) is 0.100. The predicted molar refractivity (Wildman–Crippen MR) is 58.8 cm³/mol. The van der Waals surface area contributed by atoms with Gasteiger partial charge in [-0.3, -0.25) is 4.98 Å². The van der Waals surface area contributed by atoms with Crippen LogP contribution < -0.4 is 0 Å². The Kier molecular flexibility index (Phi) is 2.95. The number of halogens is 1. The lowest BCUT2D eigenvalue weighted by Crippen LogP contribution is -2.00. The van der Waals surface area contributed by atoms with Crippen molar-refractivity contribution in [2.75, 3.05) is 0 Å². The number of nitrogens with zero attached hydrogens (tertiary/aromatic N) is 3. The molecule has 0 saturated heterocycles. The number of aromatic nitrogens is 2. The quantitative estimate of drug-likeness (QED) is 0.804. The maximum absolute atomic E-state index is 9.11. The average Bonchev–Trinajstić information content (AvgIpc) is 2.75. The highest BCUT2D eigenvalue weighted by molar-refractivity contribution is 7.10. The van der Waals surface area contributed by atoms with Gasteiger partial charge in [0.2, 0.25) is 0 Å². The highest BCUT2D eigenvalue weighted by Gasteiger charge is 2.19. The van der Waals surface area contributed by atoms with E-state index in [2.05, 4.69) is 16.0 Å². The Labute approximate surface area is 96.0 Å². The van der Waals surface area contributed by atoms with Gasteiger partial charge < -0.3 is 0 Å². The first-order chi connectivity index (χ1) is 7.33. The molecule has 0 spiro atoms. The summed E-state index contributed by atoms with van der Waals surface area (Å²) in [7, 11) is 0. The molecule has 3 nitrogen and oxygen atoms in total. The maximum atomic E-state index is 9.11. The molecule has 0 N–H and O–H groups in total. The van der Waals surface area contributed by atoms with Gasteiger partial charge >= 0.3 is 0 Å². The van der Waals surface area contributed by atoms with Crippen LogP contribution in [0.4, 0.5) is 0 Å². The molecule has 1 unspecified atom stereocenters. The van der Waals surface area contributed by atoms with E-state index < -0.39 is 5.92 Å². The third-order valence-corrected chi connectivity index (χ3v) is 3.14. The van der Waals surface area contributed by atoms with Gasteiger partial charge in [-0.15, -0.1) is 11.3 Å². The first-order valence-corrected chi connectivity index (χ1v) is 5.48. The largest absolute Gasteiger partial charge is 0.255 e. The molecule has 0 amide bonds. The summed E-state index contributed by atoms with van der Waals surface area (Å²) in [6.45, 7) is 0. The SMILES string of the molecule is N#CC(c1cccs1)c1nccnc1Cl.